The zero-order valence-electron chi connectivity index (χ0n) is 9.59. The molecule has 0 aliphatic rings. The summed E-state index contributed by atoms with van der Waals surface area (Å²) in [6, 6.07) is 4.38. The highest BCUT2D eigenvalue weighted by Crippen LogP contribution is 2.16. The molecule has 1 aromatic carbocycles. The van der Waals surface area contributed by atoms with Crippen molar-refractivity contribution in [3.05, 3.63) is 34.6 Å². The molecule has 0 saturated heterocycles. The molecule has 2 N–H and O–H groups in total. The van der Waals surface area contributed by atoms with E-state index in [-0.39, 0.29) is 12.4 Å². The van der Waals surface area contributed by atoms with Crippen molar-refractivity contribution < 1.29 is 9.50 Å². The first-order valence-corrected chi connectivity index (χ1v) is 7.10. The van der Waals surface area contributed by atoms with Gasteiger partial charge in [-0.25, -0.2) is 4.39 Å². The fourth-order valence-corrected chi connectivity index (χ4v) is 2.33. The minimum atomic E-state index is -0.261. The number of halogens is 2. The summed E-state index contributed by atoms with van der Waals surface area (Å²) in [6.45, 7) is 1.68. The molecule has 1 aromatic rings. The van der Waals surface area contributed by atoms with Crippen molar-refractivity contribution in [3.63, 3.8) is 0 Å². The van der Waals surface area contributed by atoms with Gasteiger partial charge in [-0.3, -0.25) is 0 Å². The second kappa shape index (κ2) is 8.75. The average Bonchev–Trinajstić information content (AvgIpc) is 2.32. The van der Waals surface area contributed by atoms with Crippen LogP contribution in [0.15, 0.2) is 18.2 Å². The van der Waals surface area contributed by atoms with E-state index < -0.39 is 0 Å². The maximum absolute atomic E-state index is 12.9. The molecule has 0 radical (unpaired) electrons. The van der Waals surface area contributed by atoms with Gasteiger partial charge in [-0.1, -0.05) is 11.6 Å². The summed E-state index contributed by atoms with van der Waals surface area (Å²) in [5.74, 6) is 1.69. The summed E-state index contributed by atoms with van der Waals surface area (Å²) >= 11 is 7.73. The maximum atomic E-state index is 12.9. The zero-order chi connectivity index (χ0) is 12.5. The second-order valence-corrected chi connectivity index (χ2v) is 5.23. The molecule has 0 heterocycles. The fraction of sp³-hybridized carbons (Fsp3) is 0.500. The van der Waals surface area contributed by atoms with E-state index in [1.807, 2.05) is 0 Å². The molecule has 17 heavy (non-hydrogen) atoms. The van der Waals surface area contributed by atoms with E-state index in [1.165, 1.54) is 12.1 Å². The van der Waals surface area contributed by atoms with E-state index in [0.29, 0.717) is 11.6 Å². The first kappa shape index (κ1) is 14.8. The average molecular weight is 278 g/mol. The molecule has 0 amide bonds. The van der Waals surface area contributed by atoms with Gasteiger partial charge in [0.1, 0.15) is 5.82 Å². The van der Waals surface area contributed by atoms with Crippen molar-refractivity contribution in [2.45, 2.75) is 13.0 Å². The van der Waals surface area contributed by atoms with E-state index in [0.717, 1.165) is 30.0 Å². The molecule has 0 aromatic heterocycles. The summed E-state index contributed by atoms with van der Waals surface area (Å²) in [4.78, 5) is 0. The lowest BCUT2D eigenvalue weighted by atomic mass is 10.2. The summed E-state index contributed by atoms with van der Waals surface area (Å²) in [5.41, 5.74) is 0.784. The monoisotopic (exact) mass is 277 g/mol. The summed E-state index contributed by atoms with van der Waals surface area (Å²) in [5, 5.41) is 12.4. The van der Waals surface area contributed by atoms with Gasteiger partial charge in [0.15, 0.2) is 0 Å². The predicted octanol–water partition coefficient (Wildman–Crippen LogP) is 2.68. The molecule has 5 heteroatoms. The van der Waals surface area contributed by atoms with Crippen LogP contribution in [0.25, 0.3) is 0 Å². The topological polar surface area (TPSA) is 32.3 Å². The molecule has 0 aliphatic heterocycles. The molecule has 0 saturated carbocycles. The molecular formula is C12H17ClFNOS. The Balaban J connectivity index is 2.15. The number of thioether (sulfide) groups is 1. The van der Waals surface area contributed by atoms with Gasteiger partial charge in [0.05, 0.1) is 0 Å². The number of hydrogen-bond acceptors (Lipinski definition) is 3. The molecule has 2 nitrogen and oxygen atoms in total. The van der Waals surface area contributed by atoms with Gasteiger partial charge in [-0.2, -0.15) is 11.8 Å². The van der Waals surface area contributed by atoms with Gasteiger partial charge >= 0.3 is 0 Å². The van der Waals surface area contributed by atoms with Crippen molar-refractivity contribution in [2.75, 3.05) is 24.7 Å². The Labute approximate surface area is 111 Å². The Kier molecular flexibility index (Phi) is 7.60. The lowest BCUT2D eigenvalue weighted by Crippen LogP contribution is -2.17. The van der Waals surface area contributed by atoms with E-state index >= 15 is 0 Å². The Bertz CT molecular complexity index is 338. The number of benzene rings is 1. The Morgan fingerprint density at radius 2 is 2.18 bits per heavy atom. The molecule has 96 valence electrons. The van der Waals surface area contributed by atoms with Crippen LogP contribution in [0.3, 0.4) is 0 Å². The molecule has 0 unspecified atom stereocenters. The van der Waals surface area contributed by atoms with Crippen molar-refractivity contribution in [3.8, 4) is 0 Å². The zero-order valence-corrected chi connectivity index (χ0v) is 11.2. The van der Waals surface area contributed by atoms with Gasteiger partial charge < -0.3 is 10.4 Å². The Hall–Kier alpha value is -0.290. The molecular weight excluding hydrogens is 261 g/mol. The largest absolute Gasteiger partial charge is 0.396 e. The van der Waals surface area contributed by atoms with Crippen LogP contribution in [-0.4, -0.2) is 29.8 Å². The smallest absolute Gasteiger partial charge is 0.123 e. The lowest BCUT2D eigenvalue weighted by Gasteiger charge is -2.06. The fourth-order valence-electron chi connectivity index (χ4n) is 1.31. The summed E-state index contributed by atoms with van der Waals surface area (Å²) in [7, 11) is 0. The number of aliphatic hydroxyl groups is 1. The first-order valence-electron chi connectivity index (χ1n) is 5.57. The molecule has 1 rings (SSSR count). The van der Waals surface area contributed by atoms with Crippen LogP contribution >= 0.6 is 23.4 Å². The predicted molar refractivity (Wildman–Crippen MR) is 72.1 cm³/mol. The standard InChI is InChI=1S/C12H17ClFNOS/c13-12-3-2-11(14)8-10(12)9-15-4-7-17-6-1-5-16/h2-3,8,15-16H,1,4-7,9H2. The van der Waals surface area contributed by atoms with Crippen LogP contribution < -0.4 is 5.32 Å². The van der Waals surface area contributed by atoms with Gasteiger partial charge in [0, 0.05) is 30.5 Å². The summed E-state index contributed by atoms with van der Waals surface area (Å²) in [6.07, 6.45) is 0.834. The molecule has 0 aliphatic carbocycles. The number of nitrogens with one attached hydrogen (secondary N) is 1. The number of hydrogen-bond donors (Lipinski definition) is 2. The highest BCUT2D eigenvalue weighted by Gasteiger charge is 2.01. The molecule has 0 bridgehead atoms. The van der Waals surface area contributed by atoms with Crippen LogP contribution in [-0.2, 0) is 6.54 Å². The van der Waals surface area contributed by atoms with Crippen molar-refractivity contribution in [1.29, 1.82) is 0 Å². The van der Waals surface area contributed by atoms with Gasteiger partial charge in [0.25, 0.3) is 0 Å². The molecule has 0 spiro atoms. The van der Waals surface area contributed by atoms with Crippen LogP contribution in [0, 0.1) is 5.82 Å². The van der Waals surface area contributed by atoms with E-state index in [1.54, 1.807) is 17.8 Å². The summed E-state index contributed by atoms with van der Waals surface area (Å²) < 4.78 is 12.9. The SMILES string of the molecule is OCCCSCCNCc1cc(F)ccc1Cl. The highest BCUT2D eigenvalue weighted by molar-refractivity contribution is 7.99. The normalized spacial score (nSPS) is 10.8. The highest BCUT2D eigenvalue weighted by atomic mass is 35.5. The molecule has 0 fully saturated rings. The van der Waals surface area contributed by atoms with Gasteiger partial charge in [-0.05, 0) is 35.9 Å². The minimum absolute atomic E-state index is 0.249. The first-order chi connectivity index (χ1) is 8.24. The van der Waals surface area contributed by atoms with Crippen molar-refractivity contribution >= 4 is 23.4 Å². The Morgan fingerprint density at radius 3 is 2.94 bits per heavy atom. The van der Waals surface area contributed by atoms with E-state index in [4.69, 9.17) is 16.7 Å². The van der Waals surface area contributed by atoms with Crippen LogP contribution in [0.2, 0.25) is 5.02 Å². The maximum Gasteiger partial charge on any atom is 0.123 e. The number of rotatable bonds is 8. The second-order valence-electron chi connectivity index (χ2n) is 3.60. The molecule has 0 atom stereocenters. The Morgan fingerprint density at radius 1 is 1.35 bits per heavy atom. The van der Waals surface area contributed by atoms with Crippen molar-refractivity contribution in [2.24, 2.45) is 0 Å². The lowest BCUT2D eigenvalue weighted by molar-refractivity contribution is 0.296. The van der Waals surface area contributed by atoms with Crippen LogP contribution in [0.1, 0.15) is 12.0 Å². The number of aliphatic hydroxyl groups excluding tert-OH is 1. The van der Waals surface area contributed by atoms with Crippen LogP contribution in [0.5, 0.6) is 0 Å². The van der Waals surface area contributed by atoms with E-state index in [2.05, 4.69) is 5.32 Å². The van der Waals surface area contributed by atoms with Crippen LogP contribution in [0.4, 0.5) is 4.39 Å². The van der Waals surface area contributed by atoms with Crippen molar-refractivity contribution in [1.82, 2.24) is 5.32 Å². The third-order valence-corrected chi connectivity index (χ3v) is 3.63. The van der Waals surface area contributed by atoms with Gasteiger partial charge in [0.2, 0.25) is 0 Å². The van der Waals surface area contributed by atoms with Gasteiger partial charge in [-0.15, -0.1) is 0 Å². The quantitative estimate of drug-likeness (QED) is 0.717. The minimum Gasteiger partial charge on any atom is -0.396 e. The third kappa shape index (κ3) is 6.27. The van der Waals surface area contributed by atoms with E-state index in [9.17, 15) is 4.39 Å². The third-order valence-electron chi connectivity index (χ3n) is 2.19.